The fourth-order valence-corrected chi connectivity index (χ4v) is 2.43. The van der Waals surface area contributed by atoms with Crippen molar-refractivity contribution in [2.45, 2.75) is 90.8 Å². The largest absolute Gasteiger partial charge is 0.549 e. The average molecular weight is 309 g/mol. The van der Waals surface area contributed by atoms with E-state index >= 15 is 0 Å². The summed E-state index contributed by atoms with van der Waals surface area (Å²) in [6.45, 7) is 13.5. The van der Waals surface area contributed by atoms with E-state index in [9.17, 15) is 0 Å². The number of hydrogen-bond donors (Lipinski definition) is 0. The minimum absolute atomic E-state index is 0.259. The van der Waals surface area contributed by atoms with Crippen molar-refractivity contribution in [2.24, 2.45) is 0 Å². The Bertz CT molecular complexity index is 341. The van der Waals surface area contributed by atoms with Crippen molar-refractivity contribution in [3.63, 3.8) is 0 Å². The number of rotatable bonds is 10. The summed E-state index contributed by atoms with van der Waals surface area (Å²) in [5, 5.41) is 0.259. The van der Waals surface area contributed by atoms with E-state index in [0.29, 0.717) is 0 Å². The van der Waals surface area contributed by atoms with Gasteiger partial charge in [-0.05, 0) is 49.2 Å². The average Bonchev–Trinajstić information content (AvgIpc) is 2.38. The van der Waals surface area contributed by atoms with Crippen molar-refractivity contribution in [3.05, 3.63) is 30.2 Å². The van der Waals surface area contributed by atoms with Gasteiger partial charge in [-0.1, -0.05) is 59.8 Å². The lowest BCUT2D eigenvalue weighted by molar-refractivity contribution is 0.430. The van der Waals surface area contributed by atoms with Crippen LogP contribution in [0.5, 0.6) is 0 Å². The van der Waals surface area contributed by atoms with Crippen LogP contribution in [0.3, 0.4) is 0 Å². The third kappa shape index (κ3) is 10.6. The van der Waals surface area contributed by atoms with Crippen molar-refractivity contribution >= 4 is 8.32 Å². The molecule has 0 bridgehead atoms. The van der Waals surface area contributed by atoms with Crippen LogP contribution in [0.15, 0.2) is 30.2 Å². The van der Waals surface area contributed by atoms with Gasteiger partial charge in [-0.2, -0.15) is 0 Å². The van der Waals surface area contributed by atoms with Gasteiger partial charge >= 0.3 is 0 Å². The second-order valence-electron chi connectivity index (χ2n) is 7.30. The molecule has 2 heteroatoms. The summed E-state index contributed by atoms with van der Waals surface area (Å²) < 4.78 is 5.95. The van der Waals surface area contributed by atoms with Gasteiger partial charge < -0.3 is 4.43 Å². The quantitative estimate of drug-likeness (QED) is 0.139. The highest BCUT2D eigenvalue weighted by molar-refractivity contribution is 6.74. The number of unbranched alkanes of at least 4 members (excludes halogenated alkanes) is 6. The summed E-state index contributed by atoms with van der Waals surface area (Å²) in [7, 11) is -1.65. The first-order chi connectivity index (χ1) is 9.81. The molecule has 0 aliphatic carbocycles. The Morgan fingerprint density at radius 3 is 2.24 bits per heavy atom. The molecule has 0 spiro atoms. The first kappa shape index (κ1) is 20.3. The summed E-state index contributed by atoms with van der Waals surface area (Å²) in [6.07, 6.45) is 17.1. The van der Waals surface area contributed by atoms with Crippen LogP contribution in [0.1, 0.15) is 72.6 Å². The predicted octanol–water partition coefficient (Wildman–Crippen LogP) is 6.98. The highest BCUT2D eigenvalue weighted by Crippen LogP contribution is 2.36. The molecule has 0 saturated heterocycles. The van der Waals surface area contributed by atoms with E-state index in [1.54, 1.807) is 0 Å². The molecule has 0 heterocycles. The third-order valence-electron chi connectivity index (χ3n) is 4.26. The highest BCUT2D eigenvalue weighted by Gasteiger charge is 2.37. The fraction of sp³-hybridized carbons (Fsp3) is 0.737. The van der Waals surface area contributed by atoms with Crippen LogP contribution in [0.4, 0.5) is 0 Å². The van der Waals surface area contributed by atoms with E-state index in [0.717, 1.165) is 6.42 Å². The topological polar surface area (TPSA) is 9.23 Å². The lowest BCUT2D eigenvalue weighted by Crippen LogP contribution is -2.39. The van der Waals surface area contributed by atoms with Crippen LogP contribution in [-0.2, 0) is 4.43 Å². The molecule has 0 aromatic carbocycles. The molecule has 0 aliphatic rings. The van der Waals surface area contributed by atoms with Gasteiger partial charge in [-0.25, -0.2) is 0 Å². The van der Waals surface area contributed by atoms with Crippen LogP contribution >= 0.6 is 0 Å². The highest BCUT2D eigenvalue weighted by atomic mass is 28.4. The van der Waals surface area contributed by atoms with E-state index in [-0.39, 0.29) is 5.04 Å². The molecular formula is C19H36OSi. The van der Waals surface area contributed by atoms with Gasteiger partial charge in [0.05, 0.1) is 6.26 Å². The molecule has 0 rings (SSSR count). The van der Waals surface area contributed by atoms with Crippen molar-refractivity contribution in [2.75, 3.05) is 0 Å². The molecule has 0 fully saturated rings. The Balaban J connectivity index is 3.80. The van der Waals surface area contributed by atoms with Crippen molar-refractivity contribution in [3.8, 4) is 0 Å². The van der Waals surface area contributed by atoms with Crippen LogP contribution in [0.25, 0.3) is 0 Å². The molecule has 0 N–H and O–H groups in total. The minimum Gasteiger partial charge on any atom is -0.549 e. The lowest BCUT2D eigenvalue weighted by atomic mass is 10.1. The summed E-state index contributed by atoms with van der Waals surface area (Å²) in [6, 6.07) is 0. The molecule has 0 atom stereocenters. The second kappa shape index (κ2) is 10.9. The molecular weight excluding hydrogens is 272 g/mol. The summed E-state index contributed by atoms with van der Waals surface area (Å²) in [5.41, 5.74) is 3.21. The Kier molecular flexibility index (Phi) is 10.5. The third-order valence-corrected chi connectivity index (χ3v) is 8.60. The smallest absolute Gasteiger partial charge is 0.249 e. The van der Waals surface area contributed by atoms with E-state index in [4.69, 9.17) is 4.43 Å². The lowest BCUT2D eigenvalue weighted by Gasteiger charge is -2.34. The Morgan fingerprint density at radius 2 is 1.62 bits per heavy atom. The number of allylic oxidation sites excluding steroid dienone is 2. The van der Waals surface area contributed by atoms with E-state index in [2.05, 4.69) is 52.6 Å². The van der Waals surface area contributed by atoms with Gasteiger partial charge in [0.25, 0.3) is 0 Å². The van der Waals surface area contributed by atoms with Gasteiger partial charge in [0.1, 0.15) is 0 Å². The Morgan fingerprint density at radius 1 is 1.00 bits per heavy atom. The molecule has 0 radical (unpaired) electrons. The van der Waals surface area contributed by atoms with E-state index in [1.165, 1.54) is 38.5 Å². The maximum absolute atomic E-state index is 5.95. The van der Waals surface area contributed by atoms with E-state index in [1.807, 2.05) is 18.4 Å². The zero-order valence-corrected chi connectivity index (χ0v) is 16.2. The summed E-state index contributed by atoms with van der Waals surface area (Å²) >= 11 is 0. The SMILES string of the molecule is CCCCCCCCC=C=C/C=C\O[Si](C)(C)C(C)(C)C. The second-order valence-corrected chi connectivity index (χ2v) is 12.1. The first-order valence-electron chi connectivity index (χ1n) is 8.55. The minimum atomic E-state index is -1.65. The Hall–Kier alpha value is -0.723. The van der Waals surface area contributed by atoms with Crippen LogP contribution in [0.2, 0.25) is 18.1 Å². The van der Waals surface area contributed by atoms with Crippen molar-refractivity contribution in [1.82, 2.24) is 0 Å². The zero-order valence-electron chi connectivity index (χ0n) is 15.2. The molecule has 0 aromatic heterocycles. The van der Waals surface area contributed by atoms with Gasteiger partial charge in [-0.15, -0.1) is 5.73 Å². The summed E-state index contributed by atoms with van der Waals surface area (Å²) in [4.78, 5) is 0. The van der Waals surface area contributed by atoms with Gasteiger partial charge in [-0.3, -0.25) is 0 Å². The summed E-state index contributed by atoms with van der Waals surface area (Å²) in [5.74, 6) is 0. The molecule has 0 amide bonds. The maximum Gasteiger partial charge on any atom is 0.249 e. The van der Waals surface area contributed by atoms with Crippen LogP contribution < -0.4 is 0 Å². The van der Waals surface area contributed by atoms with Crippen molar-refractivity contribution in [1.29, 1.82) is 0 Å². The molecule has 0 saturated carbocycles. The zero-order chi connectivity index (χ0) is 16.2. The molecule has 0 aliphatic heterocycles. The Labute approximate surface area is 134 Å². The molecule has 1 nitrogen and oxygen atoms in total. The van der Waals surface area contributed by atoms with Gasteiger partial charge in [0.15, 0.2) is 0 Å². The molecule has 0 aromatic rings. The first-order valence-corrected chi connectivity index (χ1v) is 11.5. The maximum atomic E-state index is 5.95. The molecule has 122 valence electrons. The molecule has 21 heavy (non-hydrogen) atoms. The predicted molar refractivity (Wildman–Crippen MR) is 98.1 cm³/mol. The van der Waals surface area contributed by atoms with Crippen molar-refractivity contribution < 1.29 is 4.43 Å². The van der Waals surface area contributed by atoms with Gasteiger partial charge in [0, 0.05) is 0 Å². The van der Waals surface area contributed by atoms with Gasteiger partial charge in [0.2, 0.25) is 8.32 Å². The normalized spacial score (nSPS) is 12.3. The number of hydrogen-bond acceptors (Lipinski definition) is 1. The van der Waals surface area contributed by atoms with Crippen LogP contribution in [-0.4, -0.2) is 8.32 Å². The van der Waals surface area contributed by atoms with Crippen LogP contribution in [0, 0.1) is 0 Å². The molecule has 0 unspecified atom stereocenters. The standard InChI is InChI=1S/C19H36OSi/c1-7-8-9-10-11-12-13-14-15-16-17-18-20-21(5,6)19(2,3)4/h14,16-18H,7-13H2,1-6H3/b18-17-. The van der Waals surface area contributed by atoms with E-state index < -0.39 is 8.32 Å². The fourth-order valence-electron chi connectivity index (χ4n) is 1.66. The monoisotopic (exact) mass is 308 g/mol.